The molecule has 0 aliphatic heterocycles. The van der Waals surface area contributed by atoms with E-state index in [1.807, 2.05) is 60.7 Å². The molecule has 5 nitrogen and oxygen atoms in total. The summed E-state index contributed by atoms with van der Waals surface area (Å²) in [5, 5.41) is 11.3. The summed E-state index contributed by atoms with van der Waals surface area (Å²) in [4.78, 5) is 15.8. The lowest BCUT2D eigenvalue weighted by atomic mass is 9.90. The summed E-state index contributed by atoms with van der Waals surface area (Å²) < 4.78 is 12.6. The Kier molecular flexibility index (Phi) is 6.56. The molecule has 12 rings (SSSR count). The highest BCUT2D eigenvalue weighted by atomic mass is 16.3. The molecule has 0 bridgehead atoms. The van der Waals surface area contributed by atoms with Gasteiger partial charge in [0, 0.05) is 38.2 Å². The van der Waals surface area contributed by atoms with E-state index in [0.29, 0.717) is 17.5 Å². The van der Waals surface area contributed by atoms with Gasteiger partial charge in [-0.25, -0.2) is 15.0 Å². The van der Waals surface area contributed by atoms with Gasteiger partial charge in [-0.05, 0) is 79.8 Å². The second-order valence-electron chi connectivity index (χ2n) is 14.3. The molecule has 5 heteroatoms. The van der Waals surface area contributed by atoms with Crippen molar-refractivity contribution >= 4 is 76.2 Å². The van der Waals surface area contributed by atoms with Crippen LogP contribution in [0.3, 0.4) is 0 Å². The van der Waals surface area contributed by atoms with Crippen LogP contribution in [0.2, 0.25) is 0 Å². The van der Waals surface area contributed by atoms with Crippen LogP contribution in [-0.2, 0) is 0 Å². The Morgan fingerprint density at radius 2 is 0.786 bits per heavy atom. The van der Waals surface area contributed by atoms with Gasteiger partial charge < -0.3 is 8.83 Å². The monoisotopic (exact) mass is 715 g/mol. The van der Waals surface area contributed by atoms with Crippen molar-refractivity contribution in [2.24, 2.45) is 0 Å². The second kappa shape index (κ2) is 11.9. The van der Waals surface area contributed by atoms with Crippen LogP contribution in [0, 0.1) is 0 Å². The van der Waals surface area contributed by atoms with E-state index in [2.05, 4.69) is 115 Å². The van der Waals surface area contributed by atoms with Crippen LogP contribution < -0.4 is 0 Å². The standard InChI is InChI=1S/C51H29N3O2/c1-3-16-34-30(12-1)26-27-36-41(29-32-13-2-4-17-35(32)46(34)36)31-14-9-15-33(28-31)49-52-50(39-20-10-24-44-47(39)37-18-5-7-22-42(37)55-44)54-51(53-49)40-21-11-25-45-48(40)38-19-6-8-23-43(38)56-45/h1-29H. The Morgan fingerprint density at radius 3 is 1.45 bits per heavy atom. The number of hydrogen-bond donors (Lipinski definition) is 0. The zero-order valence-electron chi connectivity index (χ0n) is 29.9. The van der Waals surface area contributed by atoms with E-state index < -0.39 is 0 Å². The number of aromatic nitrogens is 3. The highest BCUT2D eigenvalue weighted by molar-refractivity contribution is 6.24. The van der Waals surface area contributed by atoms with Crippen molar-refractivity contribution in [1.82, 2.24) is 15.0 Å². The zero-order chi connectivity index (χ0) is 36.7. The first-order chi connectivity index (χ1) is 27.7. The molecule has 0 atom stereocenters. The van der Waals surface area contributed by atoms with E-state index in [0.717, 1.165) is 71.7 Å². The first kappa shape index (κ1) is 30.8. The molecule has 12 aromatic rings. The van der Waals surface area contributed by atoms with E-state index in [-0.39, 0.29) is 0 Å². The summed E-state index contributed by atoms with van der Waals surface area (Å²) in [6.07, 6.45) is 0. The largest absolute Gasteiger partial charge is 0.456 e. The van der Waals surface area contributed by atoms with Crippen LogP contribution in [-0.4, -0.2) is 15.0 Å². The number of hydrogen-bond acceptors (Lipinski definition) is 5. The second-order valence-corrected chi connectivity index (χ2v) is 14.3. The van der Waals surface area contributed by atoms with Crippen LogP contribution in [0.15, 0.2) is 185 Å². The minimum atomic E-state index is 0.569. The fourth-order valence-electron chi connectivity index (χ4n) is 8.60. The van der Waals surface area contributed by atoms with Gasteiger partial charge in [0.1, 0.15) is 22.3 Å². The van der Waals surface area contributed by atoms with Crippen LogP contribution in [0.5, 0.6) is 0 Å². The Bertz CT molecular complexity index is 3410. The SMILES string of the molecule is c1cc(-c2nc(-c3cccc4oc5ccccc5c34)nc(-c3cccc4oc5ccccc5c34)n2)cc(-c2cc3ccccc3c3c2ccc2ccccc23)c1. The van der Waals surface area contributed by atoms with Crippen LogP contribution in [0.1, 0.15) is 0 Å². The summed E-state index contributed by atoms with van der Waals surface area (Å²) in [6.45, 7) is 0. The molecule has 0 spiro atoms. The van der Waals surface area contributed by atoms with Gasteiger partial charge in [0.15, 0.2) is 17.5 Å². The molecule has 0 aliphatic rings. The lowest BCUT2D eigenvalue weighted by Gasteiger charge is -2.14. The van der Waals surface area contributed by atoms with Gasteiger partial charge in [-0.15, -0.1) is 0 Å². The first-order valence-electron chi connectivity index (χ1n) is 18.8. The Morgan fingerprint density at radius 1 is 0.286 bits per heavy atom. The third-order valence-corrected chi connectivity index (χ3v) is 11.1. The summed E-state index contributed by atoms with van der Waals surface area (Å²) >= 11 is 0. The predicted molar refractivity (Wildman–Crippen MR) is 229 cm³/mol. The lowest BCUT2D eigenvalue weighted by molar-refractivity contribution is 0.668. The number of rotatable bonds is 4. The fraction of sp³-hybridized carbons (Fsp3) is 0. The Labute approximate surface area is 320 Å². The van der Waals surface area contributed by atoms with Gasteiger partial charge in [0.2, 0.25) is 0 Å². The van der Waals surface area contributed by atoms with E-state index in [9.17, 15) is 0 Å². The summed E-state index contributed by atoms with van der Waals surface area (Å²) in [6, 6.07) is 61.1. The molecular weight excluding hydrogens is 687 g/mol. The van der Waals surface area contributed by atoms with Crippen LogP contribution in [0.4, 0.5) is 0 Å². The minimum absolute atomic E-state index is 0.569. The molecule has 0 fully saturated rings. The van der Waals surface area contributed by atoms with Crippen molar-refractivity contribution in [2.75, 3.05) is 0 Å². The topological polar surface area (TPSA) is 65.0 Å². The smallest absolute Gasteiger partial charge is 0.164 e. The molecule has 0 radical (unpaired) electrons. The van der Waals surface area contributed by atoms with Crippen molar-refractivity contribution in [3.63, 3.8) is 0 Å². The molecule has 0 saturated carbocycles. The molecule has 0 aliphatic carbocycles. The maximum atomic E-state index is 6.31. The minimum Gasteiger partial charge on any atom is -0.456 e. The summed E-state index contributed by atoms with van der Waals surface area (Å²) in [5.74, 6) is 1.72. The Hall–Kier alpha value is -7.63. The van der Waals surface area contributed by atoms with Gasteiger partial charge in [0.25, 0.3) is 0 Å². The van der Waals surface area contributed by atoms with Gasteiger partial charge in [-0.3, -0.25) is 0 Å². The molecule has 3 heterocycles. The Balaban J connectivity index is 1.12. The molecule has 9 aromatic carbocycles. The third-order valence-electron chi connectivity index (χ3n) is 11.1. The number of benzene rings is 9. The third kappa shape index (κ3) is 4.64. The number of para-hydroxylation sites is 2. The average Bonchev–Trinajstić information content (AvgIpc) is 3.84. The van der Waals surface area contributed by atoms with Crippen molar-refractivity contribution in [3.05, 3.63) is 176 Å². The highest BCUT2D eigenvalue weighted by Gasteiger charge is 2.21. The summed E-state index contributed by atoms with van der Waals surface area (Å²) in [5.41, 5.74) is 8.11. The molecule has 3 aromatic heterocycles. The number of furan rings is 2. The maximum absolute atomic E-state index is 6.31. The molecule has 0 saturated heterocycles. The van der Waals surface area contributed by atoms with Gasteiger partial charge in [0.05, 0.1) is 0 Å². The normalized spacial score (nSPS) is 11.9. The van der Waals surface area contributed by atoms with Gasteiger partial charge >= 0.3 is 0 Å². The molecule has 260 valence electrons. The first-order valence-corrected chi connectivity index (χ1v) is 18.8. The maximum Gasteiger partial charge on any atom is 0.164 e. The zero-order valence-corrected chi connectivity index (χ0v) is 29.9. The van der Waals surface area contributed by atoms with E-state index >= 15 is 0 Å². The van der Waals surface area contributed by atoms with Gasteiger partial charge in [-0.1, -0.05) is 140 Å². The lowest BCUT2D eigenvalue weighted by Crippen LogP contribution is -2.01. The van der Waals surface area contributed by atoms with E-state index in [1.165, 1.54) is 32.3 Å². The quantitative estimate of drug-likeness (QED) is 0.170. The van der Waals surface area contributed by atoms with Crippen molar-refractivity contribution in [1.29, 1.82) is 0 Å². The molecule has 0 unspecified atom stereocenters. The molecule has 0 N–H and O–H groups in total. The number of fused-ring (bicyclic) bond motifs is 11. The van der Waals surface area contributed by atoms with Crippen molar-refractivity contribution in [2.45, 2.75) is 0 Å². The molecular formula is C51H29N3O2. The fourth-order valence-corrected chi connectivity index (χ4v) is 8.60. The van der Waals surface area contributed by atoms with Crippen LogP contribution >= 0.6 is 0 Å². The summed E-state index contributed by atoms with van der Waals surface area (Å²) in [7, 11) is 0. The van der Waals surface area contributed by atoms with E-state index in [1.54, 1.807) is 0 Å². The predicted octanol–water partition coefficient (Wildman–Crippen LogP) is 13.8. The average molecular weight is 716 g/mol. The molecule has 0 amide bonds. The van der Waals surface area contributed by atoms with Crippen LogP contribution in [0.25, 0.3) is 121 Å². The van der Waals surface area contributed by atoms with Crippen molar-refractivity contribution < 1.29 is 8.83 Å². The highest BCUT2D eigenvalue weighted by Crippen LogP contribution is 2.42. The van der Waals surface area contributed by atoms with Gasteiger partial charge in [-0.2, -0.15) is 0 Å². The van der Waals surface area contributed by atoms with E-state index in [4.69, 9.17) is 23.8 Å². The molecule has 56 heavy (non-hydrogen) atoms. The number of nitrogens with zero attached hydrogens (tertiary/aromatic N) is 3. The van der Waals surface area contributed by atoms with Crippen molar-refractivity contribution in [3.8, 4) is 45.3 Å².